The molecular formula is C16H17Cl2N3OS. The lowest BCUT2D eigenvalue weighted by Crippen LogP contribution is -2.39. The van der Waals surface area contributed by atoms with Crippen LogP contribution in [0.15, 0.2) is 28.2 Å². The van der Waals surface area contributed by atoms with Gasteiger partial charge in [-0.15, -0.1) is 0 Å². The van der Waals surface area contributed by atoms with Crippen LogP contribution in [0.5, 0.6) is 0 Å². The predicted molar refractivity (Wildman–Crippen MR) is 97.8 cm³/mol. The van der Waals surface area contributed by atoms with Crippen molar-refractivity contribution in [3.05, 3.63) is 33.8 Å². The van der Waals surface area contributed by atoms with Gasteiger partial charge in [-0.1, -0.05) is 41.0 Å². The van der Waals surface area contributed by atoms with E-state index in [9.17, 15) is 4.79 Å². The molecule has 0 saturated carbocycles. The average molecular weight is 370 g/mol. The van der Waals surface area contributed by atoms with Crippen LogP contribution in [-0.4, -0.2) is 34.1 Å². The van der Waals surface area contributed by atoms with Gasteiger partial charge in [0.05, 0.1) is 6.04 Å². The number of thioether (sulfide) groups is 1. The van der Waals surface area contributed by atoms with E-state index < -0.39 is 0 Å². The van der Waals surface area contributed by atoms with Gasteiger partial charge in [-0.05, 0) is 30.5 Å². The van der Waals surface area contributed by atoms with Gasteiger partial charge < -0.3 is 4.90 Å². The van der Waals surface area contributed by atoms with E-state index in [2.05, 4.69) is 9.98 Å². The Balaban J connectivity index is 1.81. The Morgan fingerprint density at radius 3 is 2.96 bits per heavy atom. The molecule has 1 aromatic rings. The topological polar surface area (TPSA) is 45.0 Å². The number of hydrogen-bond donors (Lipinski definition) is 0. The highest BCUT2D eigenvalue weighted by Crippen LogP contribution is 2.36. The van der Waals surface area contributed by atoms with Crippen molar-refractivity contribution in [3.63, 3.8) is 0 Å². The van der Waals surface area contributed by atoms with Crippen LogP contribution in [-0.2, 0) is 4.79 Å². The van der Waals surface area contributed by atoms with Crippen molar-refractivity contribution in [2.24, 2.45) is 9.98 Å². The van der Waals surface area contributed by atoms with Crippen molar-refractivity contribution in [3.8, 4) is 0 Å². The molecule has 0 aliphatic carbocycles. The quantitative estimate of drug-likeness (QED) is 0.727. The van der Waals surface area contributed by atoms with Gasteiger partial charge in [0, 0.05) is 35.7 Å². The van der Waals surface area contributed by atoms with Gasteiger partial charge in [-0.2, -0.15) is 0 Å². The van der Waals surface area contributed by atoms with Crippen molar-refractivity contribution in [1.82, 2.24) is 4.90 Å². The standard InChI is InChI=1S/C16H17Cl2N3OS/c1-10(22)21-7-3-2-4-15(21)20-16-19-14(9-23-16)12-6-5-11(17)8-13(12)18/h5-6,8,14H,2-4,7,9H2,1H3/b20-15+. The van der Waals surface area contributed by atoms with Crippen molar-refractivity contribution < 1.29 is 4.79 Å². The summed E-state index contributed by atoms with van der Waals surface area (Å²) in [5.41, 5.74) is 0.964. The molecule has 2 aliphatic heterocycles. The predicted octanol–water partition coefficient (Wildman–Crippen LogP) is 4.57. The molecule has 23 heavy (non-hydrogen) atoms. The van der Waals surface area contributed by atoms with E-state index in [0.29, 0.717) is 10.0 Å². The zero-order chi connectivity index (χ0) is 16.4. The second-order valence-electron chi connectivity index (χ2n) is 5.56. The Morgan fingerprint density at radius 2 is 2.22 bits per heavy atom. The summed E-state index contributed by atoms with van der Waals surface area (Å²) < 4.78 is 0. The summed E-state index contributed by atoms with van der Waals surface area (Å²) in [5.74, 6) is 1.68. The minimum absolute atomic E-state index is 0.0153. The highest BCUT2D eigenvalue weighted by Gasteiger charge is 2.25. The lowest BCUT2D eigenvalue weighted by atomic mass is 10.1. The van der Waals surface area contributed by atoms with Crippen molar-refractivity contribution >= 4 is 51.9 Å². The van der Waals surface area contributed by atoms with Gasteiger partial charge in [0.25, 0.3) is 0 Å². The van der Waals surface area contributed by atoms with Gasteiger partial charge in [0.1, 0.15) is 5.84 Å². The Labute approximate surface area is 150 Å². The first-order valence-electron chi connectivity index (χ1n) is 7.56. The summed E-state index contributed by atoms with van der Waals surface area (Å²) >= 11 is 13.8. The lowest BCUT2D eigenvalue weighted by molar-refractivity contribution is -0.125. The van der Waals surface area contributed by atoms with Crippen molar-refractivity contribution in [1.29, 1.82) is 0 Å². The van der Waals surface area contributed by atoms with Gasteiger partial charge >= 0.3 is 0 Å². The molecule has 0 bridgehead atoms. The highest BCUT2D eigenvalue weighted by molar-refractivity contribution is 8.14. The largest absolute Gasteiger partial charge is 0.301 e. The van der Waals surface area contributed by atoms with Crippen LogP contribution in [0.25, 0.3) is 0 Å². The number of likely N-dealkylation sites (tertiary alicyclic amines) is 1. The Kier molecular flexibility index (Phi) is 5.29. The van der Waals surface area contributed by atoms with Crippen LogP contribution in [0.1, 0.15) is 37.8 Å². The number of rotatable bonds is 1. The maximum absolute atomic E-state index is 11.7. The molecule has 3 rings (SSSR count). The van der Waals surface area contributed by atoms with Gasteiger partial charge in [-0.3, -0.25) is 9.79 Å². The maximum Gasteiger partial charge on any atom is 0.224 e. The molecule has 1 unspecified atom stereocenters. The smallest absolute Gasteiger partial charge is 0.224 e. The first-order chi connectivity index (χ1) is 11.0. The molecule has 1 aromatic carbocycles. The third-order valence-corrected chi connectivity index (χ3v) is 5.41. The summed E-state index contributed by atoms with van der Waals surface area (Å²) in [6.07, 6.45) is 2.92. The second-order valence-corrected chi connectivity index (χ2v) is 7.39. The fraction of sp³-hybridized carbons (Fsp3) is 0.438. The fourth-order valence-corrected chi connectivity index (χ4v) is 4.20. The monoisotopic (exact) mass is 369 g/mol. The molecule has 7 heteroatoms. The molecule has 1 saturated heterocycles. The summed E-state index contributed by atoms with van der Waals surface area (Å²) in [6.45, 7) is 2.33. The SMILES string of the molecule is CC(=O)N1CCCC/C1=N\C1=NC(c2ccc(Cl)cc2Cl)CS1. The molecule has 1 fully saturated rings. The van der Waals surface area contributed by atoms with Crippen molar-refractivity contribution in [2.45, 2.75) is 32.2 Å². The van der Waals surface area contributed by atoms with E-state index >= 15 is 0 Å². The van der Waals surface area contributed by atoms with E-state index in [1.54, 1.807) is 29.7 Å². The molecule has 1 amide bonds. The van der Waals surface area contributed by atoms with E-state index in [1.165, 1.54) is 0 Å². The van der Waals surface area contributed by atoms with Crippen LogP contribution in [0.2, 0.25) is 10.0 Å². The summed E-state index contributed by atoms with van der Waals surface area (Å²) in [4.78, 5) is 22.8. The number of amidine groups is 2. The normalized spacial score (nSPS) is 23.3. The third-order valence-electron chi connectivity index (χ3n) is 3.91. The first-order valence-corrected chi connectivity index (χ1v) is 9.30. The van der Waals surface area contributed by atoms with Gasteiger partial charge in [-0.25, -0.2) is 4.99 Å². The zero-order valence-electron chi connectivity index (χ0n) is 12.8. The minimum atomic E-state index is -0.0153. The molecule has 0 spiro atoms. The fourth-order valence-electron chi connectivity index (χ4n) is 2.74. The number of nitrogens with zero attached hydrogens (tertiary/aromatic N) is 3. The van der Waals surface area contributed by atoms with E-state index in [-0.39, 0.29) is 11.9 Å². The maximum atomic E-state index is 11.7. The molecule has 4 nitrogen and oxygen atoms in total. The van der Waals surface area contributed by atoms with Crippen LogP contribution in [0.4, 0.5) is 0 Å². The number of benzene rings is 1. The van der Waals surface area contributed by atoms with Gasteiger partial charge in [0.15, 0.2) is 5.17 Å². The minimum Gasteiger partial charge on any atom is -0.301 e. The average Bonchev–Trinajstić information content (AvgIpc) is 2.96. The summed E-state index contributed by atoms with van der Waals surface area (Å²) in [6, 6.07) is 5.46. The zero-order valence-corrected chi connectivity index (χ0v) is 15.1. The van der Waals surface area contributed by atoms with E-state index in [0.717, 1.165) is 48.1 Å². The first kappa shape index (κ1) is 16.8. The summed E-state index contributed by atoms with van der Waals surface area (Å²) in [7, 11) is 0. The van der Waals surface area contributed by atoms with E-state index in [1.807, 2.05) is 12.1 Å². The van der Waals surface area contributed by atoms with Crippen LogP contribution < -0.4 is 0 Å². The van der Waals surface area contributed by atoms with Crippen molar-refractivity contribution in [2.75, 3.05) is 12.3 Å². The van der Waals surface area contributed by atoms with E-state index in [4.69, 9.17) is 23.2 Å². The Hall–Kier alpha value is -1.04. The molecule has 0 aromatic heterocycles. The van der Waals surface area contributed by atoms with Crippen LogP contribution in [0, 0.1) is 0 Å². The number of carbonyl (C=O) groups is 1. The number of aliphatic imine (C=N–C) groups is 2. The lowest BCUT2D eigenvalue weighted by Gasteiger charge is -2.27. The third kappa shape index (κ3) is 3.90. The molecule has 0 N–H and O–H groups in total. The number of hydrogen-bond acceptors (Lipinski definition) is 4. The number of piperidine rings is 1. The Bertz CT molecular complexity index is 690. The molecule has 2 heterocycles. The summed E-state index contributed by atoms with van der Waals surface area (Å²) in [5, 5.41) is 1.97. The molecular weight excluding hydrogens is 353 g/mol. The number of carbonyl (C=O) groups excluding carboxylic acids is 1. The number of amides is 1. The van der Waals surface area contributed by atoms with Crippen LogP contribution in [0.3, 0.4) is 0 Å². The van der Waals surface area contributed by atoms with Crippen LogP contribution >= 0.6 is 35.0 Å². The van der Waals surface area contributed by atoms with Gasteiger partial charge in [0.2, 0.25) is 5.91 Å². The highest BCUT2D eigenvalue weighted by atomic mass is 35.5. The molecule has 0 radical (unpaired) electrons. The Morgan fingerprint density at radius 1 is 1.39 bits per heavy atom. The number of halogens is 2. The molecule has 122 valence electrons. The second kappa shape index (κ2) is 7.24. The molecule has 1 atom stereocenters. The molecule has 2 aliphatic rings.